The molecule has 0 aliphatic heterocycles. The number of aromatic amines is 1. The molecule has 1 aromatic rings. The third-order valence-electron chi connectivity index (χ3n) is 1.01. The Kier molecular flexibility index (Phi) is 2.46. The number of hydrogen-bond donors (Lipinski definition) is 1. The molecule has 0 spiro atoms. The van der Waals surface area contributed by atoms with Gasteiger partial charge >= 0.3 is 0 Å². The highest BCUT2D eigenvalue weighted by molar-refractivity contribution is 8.01. The summed E-state index contributed by atoms with van der Waals surface area (Å²) in [7, 11) is 0. The van der Waals surface area contributed by atoms with Gasteiger partial charge in [-0.25, -0.2) is 0 Å². The van der Waals surface area contributed by atoms with Crippen molar-refractivity contribution in [1.82, 2.24) is 4.98 Å². The summed E-state index contributed by atoms with van der Waals surface area (Å²) in [6, 6.07) is 4.02. The SMILES string of the molecule is CS/C=C/c1ccc[nH]1. The molecule has 0 saturated heterocycles. The Morgan fingerprint density at radius 3 is 3.11 bits per heavy atom. The molecule has 0 fully saturated rings. The maximum atomic E-state index is 3.07. The summed E-state index contributed by atoms with van der Waals surface area (Å²) >= 11 is 1.70. The summed E-state index contributed by atoms with van der Waals surface area (Å²) in [6.45, 7) is 0. The predicted molar refractivity (Wildman–Crippen MR) is 43.3 cm³/mol. The summed E-state index contributed by atoms with van der Waals surface area (Å²) < 4.78 is 0. The van der Waals surface area contributed by atoms with Crippen LogP contribution < -0.4 is 0 Å². The van der Waals surface area contributed by atoms with Crippen molar-refractivity contribution in [3.63, 3.8) is 0 Å². The number of thioether (sulfide) groups is 1. The minimum absolute atomic E-state index is 1.16. The smallest absolute Gasteiger partial charge is 0.0385 e. The Bertz CT molecular complexity index is 177. The quantitative estimate of drug-likeness (QED) is 0.665. The summed E-state index contributed by atoms with van der Waals surface area (Å²) in [5.41, 5.74) is 1.16. The van der Waals surface area contributed by atoms with Crippen molar-refractivity contribution in [2.75, 3.05) is 6.26 Å². The van der Waals surface area contributed by atoms with Crippen molar-refractivity contribution >= 4 is 17.8 Å². The lowest BCUT2D eigenvalue weighted by molar-refractivity contribution is 1.38. The molecule has 0 amide bonds. The molecule has 1 rings (SSSR count). The molecular formula is C7H9NS. The first-order chi connectivity index (χ1) is 4.43. The van der Waals surface area contributed by atoms with Crippen molar-refractivity contribution in [1.29, 1.82) is 0 Å². The van der Waals surface area contributed by atoms with Crippen LogP contribution in [-0.2, 0) is 0 Å². The van der Waals surface area contributed by atoms with E-state index in [1.807, 2.05) is 36.1 Å². The Morgan fingerprint density at radius 2 is 2.56 bits per heavy atom. The molecule has 0 unspecified atom stereocenters. The fourth-order valence-electron chi connectivity index (χ4n) is 0.589. The fraction of sp³-hybridized carbons (Fsp3) is 0.143. The molecule has 0 atom stereocenters. The van der Waals surface area contributed by atoms with E-state index in [0.717, 1.165) is 5.69 Å². The highest BCUT2D eigenvalue weighted by Crippen LogP contribution is 2.01. The molecular weight excluding hydrogens is 130 g/mol. The molecule has 1 nitrogen and oxygen atoms in total. The van der Waals surface area contributed by atoms with E-state index in [9.17, 15) is 0 Å². The molecule has 2 heteroatoms. The third-order valence-corrected chi connectivity index (χ3v) is 1.41. The summed E-state index contributed by atoms with van der Waals surface area (Å²) in [5, 5.41) is 2.05. The molecule has 0 radical (unpaired) electrons. The van der Waals surface area contributed by atoms with Crippen LogP contribution in [0.2, 0.25) is 0 Å². The minimum atomic E-state index is 1.16. The first kappa shape index (κ1) is 6.49. The zero-order valence-corrected chi connectivity index (χ0v) is 6.11. The van der Waals surface area contributed by atoms with Gasteiger partial charge in [0.25, 0.3) is 0 Å². The van der Waals surface area contributed by atoms with Crippen LogP contribution in [0.5, 0.6) is 0 Å². The zero-order chi connectivity index (χ0) is 6.53. The molecule has 0 aromatic carbocycles. The summed E-state index contributed by atoms with van der Waals surface area (Å²) in [4.78, 5) is 3.07. The van der Waals surface area contributed by atoms with Crippen molar-refractivity contribution in [3.05, 3.63) is 29.4 Å². The number of hydrogen-bond acceptors (Lipinski definition) is 1. The van der Waals surface area contributed by atoms with Crippen LogP contribution >= 0.6 is 11.8 Å². The average molecular weight is 139 g/mol. The predicted octanol–water partition coefficient (Wildman–Crippen LogP) is 2.35. The lowest BCUT2D eigenvalue weighted by Gasteiger charge is -1.80. The average Bonchev–Trinajstić information content (AvgIpc) is 2.34. The minimum Gasteiger partial charge on any atom is -0.362 e. The van der Waals surface area contributed by atoms with E-state index >= 15 is 0 Å². The Labute approximate surface area is 59.2 Å². The van der Waals surface area contributed by atoms with Crippen LogP contribution in [0.3, 0.4) is 0 Å². The standard InChI is InChI=1S/C7H9NS/c1-9-6-4-7-3-2-5-8-7/h2-6,8H,1H3/b6-4+. The van der Waals surface area contributed by atoms with Crippen LogP contribution in [0.1, 0.15) is 5.69 Å². The largest absolute Gasteiger partial charge is 0.362 e. The lowest BCUT2D eigenvalue weighted by atomic mass is 10.4. The normalized spacial score (nSPS) is 10.8. The number of nitrogens with one attached hydrogen (secondary N) is 1. The topological polar surface area (TPSA) is 15.8 Å². The van der Waals surface area contributed by atoms with Crippen molar-refractivity contribution in [2.24, 2.45) is 0 Å². The molecule has 0 aliphatic carbocycles. The van der Waals surface area contributed by atoms with Crippen molar-refractivity contribution < 1.29 is 0 Å². The van der Waals surface area contributed by atoms with Gasteiger partial charge in [0.05, 0.1) is 0 Å². The molecule has 1 N–H and O–H groups in total. The van der Waals surface area contributed by atoms with Crippen LogP contribution in [0.4, 0.5) is 0 Å². The van der Waals surface area contributed by atoms with Gasteiger partial charge in [-0.15, -0.1) is 11.8 Å². The van der Waals surface area contributed by atoms with Gasteiger partial charge in [0.15, 0.2) is 0 Å². The van der Waals surface area contributed by atoms with Gasteiger partial charge in [0.2, 0.25) is 0 Å². The second-order valence-electron chi connectivity index (χ2n) is 1.66. The van der Waals surface area contributed by atoms with Gasteiger partial charge in [-0.05, 0) is 29.9 Å². The first-order valence-electron chi connectivity index (χ1n) is 2.76. The molecule has 0 aliphatic rings. The highest BCUT2D eigenvalue weighted by Gasteiger charge is 1.80. The molecule has 0 saturated carbocycles. The number of rotatable bonds is 2. The van der Waals surface area contributed by atoms with Gasteiger partial charge in [-0.2, -0.15) is 0 Å². The highest BCUT2D eigenvalue weighted by atomic mass is 32.2. The van der Waals surface area contributed by atoms with Crippen LogP contribution in [0.15, 0.2) is 23.7 Å². The Morgan fingerprint density at radius 1 is 1.67 bits per heavy atom. The maximum Gasteiger partial charge on any atom is 0.0385 e. The molecule has 1 aromatic heterocycles. The maximum absolute atomic E-state index is 3.07. The van der Waals surface area contributed by atoms with Crippen LogP contribution in [-0.4, -0.2) is 11.2 Å². The van der Waals surface area contributed by atoms with Gasteiger partial charge in [-0.1, -0.05) is 0 Å². The van der Waals surface area contributed by atoms with E-state index in [1.54, 1.807) is 11.8 Å². The van der Waals surface area contributed by atoms with Crippen LogP contribution in [0.25, 0.3) is 6.08 Å². The van der Waals surface area contributed by atoms with Gasteiger partial charge in [0, 0.05) is 11.9 Å². The molecule has 0 bridgehead atoms. The first-order valence-corrected chi connectivity index (χ1v) is 4.05. The fourth-order valence-corrected chi connectivity index (χ4v) is 0.872. The second-order valence-corrected chi connectivity index (χ2v) is 2.41. The summed E-state index contributed by atoms with van der Waals surface area (Å²) in [6.07, 6.45) is 6.00. The van der Waals surface area contributed by atoms with Crippen molar-refractivity contribution in [3.8, 4) is 0 Å². The van der Waals surface area contributed by atoms with Gasteiger partial charge < -0.3 is 4.98 Å². The van der Waals surface area contributed by atoms with E-state index in [4.69, 9.17) is 0 Å². The van der Waals surface area contributed by atoms with Crippen molar-refractivity contribution in [2.45, 2.75) is 0 Å². The monoisotopic (exact) mass is 139 g/mol. The van der Waals surface area contributed by atoms with E-state index in [0.29, 0.717) is 0 Å². The third kappa shape index (κ3) is 1.98. The Balaban J connectivity index is 2.57. The lowest BCUT2D eigenvalue weighted by Crippen LogP contribution is -1.63. The van der Waals surface area contributed by atoms with E-state index in [2.05, 4.69) is 4.98 Å². The van der Waals surface area contributed by atoms with E-state index in [-0.39, 0.29) is 0 Å². The molecule has 48 valence electrons. The van der Waals surface area contributed by atoms with Gasteiger partial charge in [-0.3, -0.25) is 0 Å². The number of aromatic nitrogens is 1. The summed E-state index contributed by atoms with van der Waals surface area (Å²) in [5.74, 6) is 0. The Hall–Kier alpha value is -0.630. The molecule has 1 heterocycles. The zero-order valence-electron chi connectivity index (χ0n) is 5.29. The second kappa shape index (κ2) is 3.41. The van der Waals surface area contributed by atoms with Crippen LogP contribution in [0, 0.1) is 0 Å². The van der Waals surface area contributed by atoms with E-state index < -0.39 is 0 Å². The van der Waals surface area contributed by atoms with E-state index in [1.165, 1.54) is 0 Å². The molecule has 9 heavy (non-hydrogen) atoms. The number of H-pyrrole nitrogens is 1. The van der Waals surface area contributed by atoms with Gasteiger partial charge in [0.1, 0.15) is 0 Å².